The summed E-state index contributed by atoms with van der Waals surface area (Å²) in [6.07, 6.45) is 16.7. The fraction of sp³-hybridized carbons (Fsp3) is 0.515. The SMILES string of the molecule is C/C=C/CC(CCCCCCC)(N=C(c1ccccc1)c1ccccc1)C(=O)OCCCCCCC. The van der Waals surface area contributed by atoms with Gasteiger partial charge in [-0.2, -0.15) is 0 Å². The molecule has 2 aromatic rings. The number of benzene rings is 2. The van der Waals surface area contributed by atoms with Crippen LogP contribution in [0.4, 0.5) is 0 Å². The van der Waals surface area contributed by atoms with Gasteiger partial charge in [-0.15, -0.1) is 0 Å². The summed E-state index contributed by atoms with van der Waals surface area (Å²) < 4.78 is 5.96. The molecule has 0 saturated carbocycles. The van der Waals surface area contributed by atoms with Crippen molar-refractivity contribution in [2.24, 2.45) is 4.99 Å². The number of allylic oxidation sites excluding steroid dienone is 1. The number of hydrogen-bond acceptors (Lipinski definition) is 3. The quantitative estimate of drug-likeness (QED) is 0.0906. The molecule has 0 bridgehead atoms. The van der Waals surface area contributed by atoms with Gasteiger partial charge in [0.25, 0.3) is 0 Å². The largest absolute Gasteiger partial charge is 0.464 e. The minimum atomic E-state index is -0.927. The molecule has 1 unspecified atom stereocenters. The molecular weight excluding hydrogens is 442 g/mol. The second kappa shape index (κ2) is 17.7. The first-order valence-corrected chi connectivity index (χ1v) is 14.2. The molecule has 0 aromatic heterocycles. The van der Waals surface area contributed by atoms with Crippen LogP contribution in [0.5, 0.6) is 0 Å². The van der Waals surface area contributed by atoms with E-state index in [-0.39, 0.29) is 5.97 Å². The zero-order valence-corrected chi connectivity index (χ0v) is 22.9. The first-order chi connectivity index (χ1) is 17.7. The number of carbonyl (C=O) groups excluding carboxylic acids is 1. The second-order valence-corrected chi connectivity index (χ2v) is 9.71. The van der Waals surface area contributed by atoms with E-state index in [0.717, 1.165) is 42.5 Å². The number of nitrogens with zero attached hydrogens (tertiary/aromatic N) is 1. The maximum absolute atomic E-state index is 13.8. The molecule has 2 aromatic carbocycles. The molecule has 0 N–H and O–H groups in total. The van der Waals surface area contributed by atoms with E-state index in [2.05, 4.69) is 44.2 Å². The van der Waals surface area contributed by atoms with Crippen LogP contribution in [-0.4, -0.2) is 23.8 Å². The van der Waals surface area contributed by atoms with E-state index >= 15 is 0 Å². The van der Waals surface area contributed by atoms with Gasteiger partial charge >= 0.3 is 5.97 Å². The lowest BCUT2D eigenvalue weighted by Crippen LogP contribution is -2.39. The Morgan fingerprint density at radius 3 is 1.83 bits per heavy atom. The van der Waals surface area contributed by atoms with Crippen molar-refractivity contribution in [2.45, 2.75) is 103 Å². The number of esters is 1. The molecule has 2 rings (SSSR count). The Labute approximate surface area is 220 Å². The normalized spacial score (nSPS) is 12.9. The van der Waals surface area contributed by atoms with Crippen molar-refractivity contribution < 1.29 is 9.53 Å². The predicted octanol–water partition coefficient (Wildman–Crippen LogP) is 9.10. The molecule has 0 aliphatic carbocycles. The molecule has 0 aliphatic heterocycles. The summed E-state index contributed by atoms with van der Waals surface area (Å²) in [5, 5.41) is 0. The first-order valence-electron chi connectivity index (χ1n) is 14.2. The molecule has 1 atom stereocenters. The van der Waals surface area contributed by atoms with Crippen LogP contribution in [0.25, 0.3) is 0 Å². The van der Waals surface area contributed by atoms with Crippen molar-refractivity contribution >= 4 is 11.7 Å². The van der Waals surface area contributed by atoms with Crippen molar-refractivity contribution in [3.63, 3.8) is 0 Å². The minimum Gasteiger partial charge on any atom is -0.464 e. The molecular formula is C33H47NO2. The summed E-state index contributed by atoms with van der Waals surface area (Å²) in [4.78, 5) is 19.1. The van der Waals surface area contributed by atoms with Gasteiger partial charge in [-0.1, -0.05) is 144 Å². The highest BCUT2D eigenvalue weighted by molar-refractivity contribution is 6.13. The highest BCUT2D eigenvalue weighted by atomic mass is 16.5. The fourth-order valence-corrected chi connectivity index (χ4v) is 4.48. The summed E-state index contributed by atoms with van der Waals surface area (Å²) in [5.41, 5.74) is 1.97. The zero-order chi connectivity index (χ0) is 25.9. The molecule has 3 nitrogen and oxygen atoms in total. The van der Waals surface area contributed by atoms with E-state index in [1.54, 1.807) is 0 Å². The molecule has 0 fully saturated rings. The van der Waals surface area contributed by atoms with Gasteiger partial charge in [0.05, 0.1) is 12.3 Å². The predicted molar refractivity (Wildman–Crippen MR) is 154 cm³/mol. The Morgan fingerprint density at radius 2 is 1.31 bits per heavy atom. The second-order valence-electron chi connectivity index (χ2n) is 9.71. The average Bonchev–Trinajstić information content (AvgIpc) is 2.92. The van der Waals surface area contributed by atoms with Crippen molar-refractivity contribution in [1.29, 1.82) is 0 Å². The van der Waals surface area contributed by atoms with Crippen LogP contribution >= 0.6 is 0 Å². The Morgan fingerprint density at radius 1 is 0.778 bits per heavy atom. The number of aliphatic imine (C=N–C) groups is 1. The maximum atomic E-state index is 13.8. The molecule has 0 radical (unpaired) electrons. The Kier molecular flexibility index (Phi) is 14.5. The Hall–Kier alpha value is -2.68. The third-order valence-corrected chi connectivity index (χ3v) is 6.67. The topological polar surface area (TPSA) is 38.7 Å². The summed E-state index contributed by atoms with van der Waals surface area (Å²) in [6, 6.07) is 20.4. The van der Waals surface area contributed by atoms with E-state index in [1.807, 2.05) is 49.4 Å². The number of carbonyl (C=O) groups is 1. The van der Waals surface area contributed by atoms with Gasteiger partial charge in [-0.05, 0) is 19.8 Å². The van der Waals surface area contributed by atoms with Crippen LogP contribution in [0.15, 0.2) is 77.8 Å². The van der Waals surface area contributed by atoms with E-state index in [0.29, 0.717) is 19.4 Å². The van der Waals surface area contributed by atoms with E-state index < -0.39 is 5.54 Å². The maximum Gasteiger partial charge on any atom is 0.334 e. The van der Waals surface area contributed by atoms with Gasteiger partial charge < -0.3 is 4.74 Å². The summed E-state index contributed by atoms with van der Waals surface area (Å²) >= 11 is 0. The van der Waals surface area contributed by atoms with Gasteiger partial charge in [0.2, 0.25) is 0 Å². The van der Waals surface area contributed by atoms with Gasteiger partial charge in [-0.25, -0.2) is 4.79 Å². The van der Waals surface area contributed by atoms with Gasteiger partial charge in [-0.3, -0.25) is 4.99 Å². The molecule has 0 spiro atoms. The first kappa shape index (κ1) is 29.5. The highest BCUT2D eigenvalue weighted by Crippen LogP contribution is 2.30. The van der Waals surface area contributed by atoms with E-state index in [4.69, 9.17) is 9.73 Å². The smallest absolute Gasteiger partial charge is 0.334 e. The molecule has 0 amide bonds. The minimum absolute atomic E-state index is 0.184. The van der Waals surface area contributed by atoms with Crippen molar-refractivity contribution in [2.75, 3.05) is 6.61 Å². The van der Waals surface area contributed by atoms with Crippen LogP contribution < -0.4 is 0 Å². The summed E-state index contributed by atoms with van der Waals surface area (Å²) in [5.74, 6) is -0.184. The van der Waals surface area contributed by atoms with Crippen molar-refractivity contribution in [3.05, 3.63) is 83.9 Å². The lowest BCUT2D eigenvalue weighted by molar-refractivity contribution is -0.150. The van der Waals surface area contributed by atoms with Crippen molar-refractivity contribution in [3.8, 4) is 0 Å². The lowest BCUT2D eigenvalue weighted by Gasteiger charge is -2.28. The molecule has 3 heteroatoms. The molecule has 0 aliphatic rings. The van der Waals surface area contributed by atoms with Gasteiger partial charge in [0.1, 0.15) is 0 Å². The third kappa shape index (κ3) is 10.1. The average molecular weight is 490 g/mol. The van der Waals surface area contributed by atoms with Crippen LogP contribution in [0.1, 0.15) is 109 Å². The lowest BCUT2D eigenvalue weighted by atomic mass is 9.87. The molecule has 0 saturated heterocycles. The molecule has 0 heterocycles. The molecule has 36 heavy (non-hydrogen) atoms. The van der Waals surface area contributed by atoms with Crippen LogP contribution in [0, 0.1) is 0 Å². The monoisotopic (exact) mass is 489 g/mol. The van der Waals surface area contributed by atoms with Crippen LogP contribution in [0.2, 0.25) is 0 Å². The van der Waals surface area contributed by atoms with E-state index in [9.17, 15) is 4.79 Å². The van der Waals surface area contributed by atoms with Crippen molar-refractivity contribution in [1.82, 2.24) is 0 Å². The number of hydrogen-bond donors (Lipinski definition) is 0. The van der Waals surface area contributed by atoms with Crippen LogP contribution in [0.3, 0.4) is 0 Å². The highest BCUT2D eigenvalue weighted by Gasteiger charge is 2.39. The summed E-state index contributed by atoms with van der Waals surface area (Å²) in [6.45, 7) is 6.91. The third-order valence-electron chi connectivity index (χ3n) is 6.67. The Balaban J connectivity index is 2.42. The number of unbranched alkanes of at least 4 members (excludes halogenated alkanes) is 8. The van der Waals surface area contributed by atoms with Gasteiger partial charge in [0.15, 0.2) is 5.54 Å². The molecule has 196 valence electrons. The zero-order valence-electron chi connectivity index (χ0n) is 22.9. The number of rotatable bonds is 18. The summed E-state index contributed by atoms with van der Waals surface area (Å²) in [7, 11) is 0. The fourth-order valence-electron chi connectivity index (χ4n) is 4.48. The van der Waals surface area contributed by atoms with Crippen LogP contribution in [-0.2, 0) is 9.53 Å². The number of ether oxygens (including phenoxy) is 1. The van der Waals surface area contributed by atoms with E-state index in [1.165, 1.54) is 38.5 Å². The standard InChI is InChI=1S/C33H47NO2/c1-4-7-10-12-20-27-33(26-9-6-3,32(35)36-28-21-13-11-8-5-2)34-31(29-22-16-14-17-23-29)30-24-18-15-19-25-30/h6,9,14-19,22-25H,4-5,7-8,10-13,20-21,26-28H2,1-3H3/b9-6+. The Bertz CT molecular complexity index is 862. The van der Waals surface area contributed by atoms with Gasteiger partial charge in [0, 0.05) is 17.5 Å².